The highest BCUT2D eigenvalue weighted by Crippen LogP contribution is 2.22. The van der Waals surface area contributed by atoms with E-state index in [0.29, 0.717) is 44.2 Å². The SMILES string of the molecule is CC(=O)N1CCN(C(=O)CN(Cc2ccccc2)c2nc(Cc3ccc(Cl)cc3)ns2)CC1. The van der Waals surface area contributed by atoms with Gasteiger partial charge >= 0.3 is 0 Å². The number of hydrogen-bond acceptors (Lipinski definition) is 6. The van der Waals surface area contributed by atoms with E-state index in [0.717, 1.165) is 22.1 Å². The number of carbonyl (C=O) groups excluding carboxylic acids is 2. The van der Waals surface area contributed by atoms with E-state index in [9.17, 15) is 9.59 Å². The minimum atomic E-state index is 0.0311. The number of carbonyl (C=O) groups is 2. The standard InChI is InChI=1S/C24H26ClN5O2S/c1-18(31)28-11-13-29(14-12-28)23(32)17-30(16-20-5-3-2-4-6-20)24-26-22(27-33-24)15-19-7-9-21(25)10-8-19/h2-10H,11-17H2,1H3. The Morgan fingerprint density at radius 2 is 1.64 bits per heavy atom. The molecule has 7 nitrogen and oxygen atoms in total. The molecule has 0 atom stereocenters. The number of benzene rings is 2. The molecular weight excluding hydrogens is 458 g/mol. The Labute approximate surface area is 202 Å². The quantitative estimate of drug-likeness (QED) is 0.514. The van der Waals surface area contributed by atoms with Crippen LogP contribution in [0.4, 0.5) is 5.13 Å². The summed E-state index contributed by atoms with van der Waals surface area (Å²) in [5, 5.41) is 1.42. The van der Waals surface area contributed by atoms with Gasteiger partial charge in [-0.05, 0) is 23.3 Å². The van der Waals surface area contributed by atoms with Gasteiger partial charge in [0.05, 0.1) is 6.54 Å². The van der Waals surface area contributed by atoms with Crippen molar-refractivity contribution in [2.24, 2.45) is 0 Å². The molecule has 172 valence electrons. The fourth-order valence-electron chi connectivity index (χ4n) is 3.76. The maximum absolute atomic E-state index is 13.1. The first-order valence-corrected chi connectivity index (χ1v) is 12.0. The summed E-state index contributed by atoms with van der Waals surface area (Å²) in [5.74, 6) is 0.802. The molecule has 4 rings (SSSR count). The zero-order chi connectivity index (χ0) is 23.2. The first-order chi connectivity index (χ1) is 16.0. The Balaban J connectivity index is 1.47. The van der Waals surface area contributed by atoms with Gasteiger partial charge in [0.2, 0.25) is 16.9 Å². The lowest BCUT2D eigenvalue weighted by molar-refractivity contribution is -0.137. The fraction of sp³-hybridized carbons (Fsp3) is 0.333. The third kappa shape index (κ3) is 6.30. The van der Waals surface area contributed by atoms with E-state index in [-0.39, 0.29) is 18.4 Å². The van der Waals surface area contributed by atoms with Gasteiger partial charge in [0.1, 0.15) is 5.82 Å². The number of aromatic nitrogens is 2. The summed E-state index contributed by atoms with van der Waals surface area (Å²) in [7, 11) is 0. The van der Waals surface area contributed by atoms with Gasteiger partial charge in [0, 0.05) is 62.6 Å². The number of rotatable bonds is 7. The summed E-state index contributed by atoms with van der Waals surface area (Å²) in [6.07, 6.45) is 0.605. The van der Waals surface area contributed by atoms with E-state index in [2.05, 4.69) is 4.37 Å². The van der Waals surface area contributed by atoms with E-state index in [1.165, 1.54) is 11.5 Å². The minimum Gasteiger partial charge on any atom is -0.339 e. The van der Waals surface area contributed by atoms with Crippen molar-refractivity contribution in [2.75, 3.05) is 37.6 Å². The normalized spacial score (nSPS) is 13.8. The zero-order valence-electron chi connectivity index (χ0n) is 18.5. The molecule has 2 heterocycles. The number of anilines is 1. The zero-order valence-corrected chi connectivity index (χ0v) is 20.1. The van der Waals surface area contributed by atoms with Crippen LogP contribution in [0.25, 0.3) is 0 Å². The van der Waals surface area contributed by atoms with Gasteiger partial charge in [-0.2, -0.15) is 4.37 Å². The van der Waals surface area contributed by atoms with Crippen LogP contribution in [0.15, 0.2) is 54.6 Å². The lowest BCUT2D eigenvalue weighted by atomic mass is 10.1. The molecule has 0 aliphatic carbocycles. The number of amides is 2. The smallest absolute Gasteiger partial charge is 0.242 e. The van der Waals surface area contributed by atoms with Crippen LogP contribution >= 0.6 is 23.1 Å². The van der Waals surface area contributed by atoms with E-state index in [1.54, 1.807) is 11.8 Å². The monoisotopic (exact) mass is 483 g/mol. The van der Waals surface area contributed by atoms with Crippen LogP contribution in [0, 0.1) is 0 Å². The van der Waals surface area contributed by atoms with Crippen molar-refractivity contribution >= 4 is 40.1 Å². The molecule has 33 heavy (non-hydrogen) atoms. The molecule has 0 spiro atoms. The predicted octanol–water partition coefficient (Wildman–Crippen LogP) is 3.48. The maximum Gasteiger partial charge on any atom is 0.242 e. The Kier molecular flexibility index (Phi) is 7.57. The second-order valence-electron chi connectivity index (χ2n) is 8.02. The lowest BCUT2D eigenvalue weighted by Gasteiger charge is -2.35. The molecule has 0 saturated carbocycles. The van der Waals surface area contributed by atoms with Gasteiger partial charge in [-0.15, -0.1) is 0 Å². The summed E-state index contributed by atoms with van der Waals surface area (Å²) < 4.78 is 4.53. The van der Waals surface area contributed by atoms with Gasteiger partial charge in [0.25, 0.3) is 0 Å². The molecule has 1 aliphatic rings. The third-order valence-corrected chi connectivity index (χ3v) is 6.69. The van der Waals surface area contributed by atoms with Crippen molar-refractivity contribution in [1.29, 1.82) is 0 Å². The summed E-state index contributed by atoms with van der Waals surface area (Å²) in [6.45, 7) is 4.59. The van der Waals surface area contributed by atoms with Crippen molar-refractivity contribution in [3.8, 4) is 0 Å². The van der Waals surface area contributed by atoms with Gasteiger partial charge < -0.3 is 14.7 Å². The molecule has 3 aromatic rings. The van der Waals surface area contributed by atoms with Crippen LogP contribution in [-0.4, -0.2) is 63.7 Å². The van der Waals surface area contributed by atoms with Crippen LogP contribution in [0.5, 0.6) is 0 Å². The molecule has 9 heteroatoms. The number of halogens is 1. The molecule has 0 unspecified atom stereocenters. The molecule has 2 aromatic carbocycles. The molecule has 2 amide bonds. The maximum atomic E-state index is 13.1. The Morgan fingerprint density at radius 1 is 0.970 bits per heavy atom. The van der Waals surface area contributed by atoms with E-state index < -0.39 is 0 Å². The topological polar surface area (TPSA) is 69.6 Å². The fourth-order valence-corrected chi connectivity index (χ4v) is 4.57. The van der Waals surface area contributed by atoms with Crippen LogP contribution in [0.1, 0.15) is 23.9 Å². The van der Waals surface area contributed by atoms with Crippen LogP contribution in [-0.2, 0) is 22.6 Å². The summed E-state index contributed by atoms with van der Waals surface area (Å²) in [5.41, 5.74) is 2.18. The van der Waals surface area contributed by atoms with Gasteiger partial charge in [-0.3, -0.25) is 9.59 Å². The van der Waals surface area contributed by atoms with E-state index >= 15 is 0 Å². The van der Waals surface area contributed by atoms with Crippen molar-refractivity contribution < 1.29 is 9.59 Å². The van der Waals surface area contributed by atoms with Crippen LogP contribution in [0.2, 0.25) is 5.02 Å². The number of hydrogen-bond donors (Lipinski definition) is 0. The molecule has 1 saturated heterocycles. The van der Waals surface area contributed by atoms with Gasteiger partial charge in [-0.25, -0.2) is 4.98 Å². The highest BCUT2D eigenvalue weighted by Gasteiger charge is 2.25. The molecule has 1 aliphatic heterocycles. The Hall–Kier alpha value is -2.97. The molecule has 0 N–H and O–H groups in total. The second-order valence-corrected chi connectivity index (χ2v) is 9.19. The minimum absolute atomic E-state index is 0.0311. The highest BCUT2D eigenvalue weighted by molar-refractivity contribution is 7.09. The van der Waals surface area contributed by atoms with Crippen molar-refractivity contribution in [2.45, 2.75) is 19.9 Å². The molecule has 0 radical (unpaired) electrons. The van der Waals surface area contributed by atoms with E-state index in [4.69, 9.17) is 16.6 Å². The molecule has 1 aromatic heterocycles. The first kappa shape index (κ1) is 23.2. The molecular formula is C24H26ClN5O2S. The van der Waals surface area contributed by atoms with Gasteiger partial charge in [-0.1, -0.05) is 54.1 Å². The highest BCUT2D eigenvalue weighted by atomic mass is 35.5. The van der Waals surface area contributed by atoms with Crippen LogP contribution in [0.3, 0.4) is 0 Å². The average molecular weight is 484 g/mol. The Morgan fingerprint density at radius 3 is 2.30 bits per heavy atom. The molecule has 0 bridgehead atoms. The average Bonchev–Trinajstić information content (AvgIpc) is 3.29. The predicted molar refractivity (Wildman–Crippen MR) is 130 cm³/mol. The van der Waals surface area contributed by atoms with E-state index in [1.807, 2.05) is 64.4 Å². The number of piperazine rings is 1. The van der Waals surface area contributed by atoms with Crippen molar-refractivity contribution in [3.63, 3.8) is 0 Å². The van der Waals surface area contributed by atoms with Crippen molar-refractivity contribution in [3.05, 3.63) is 76.6 Å². The lowest BCUT2D eigenvalue weighted by Crippen LogP contribution is -2.52. The molecule has 1 fully saturated rings. The van der Waals surface area contributed by atoms with Crippen molar-refractivity contribution in [1.82, 2.24) is 19.2 Å². The number of nitrogens with zero attached hydrogens (tertiary/aromatic N) is 5. The summed E-state index contributed by atoms with van der Waals surface area (Å²) in [4.78, 5) is 35.0. The Bertz CT molecular complexity index is 1080. The van der Waals surface area contributed by atoms with Crippen LogP contribution < -0.4 is 4.90 Å². The largest absolute Gasteiger partial charge is 0.339 e. The first-order valence-electron chi connectivity index (χ1n) is 10.9. The third-order valence-electron chi connectivity index (χ3n) is 5.62. The van der Waals surface area contributed by atoms with Gasteiger partial charge in [0.15, 0.2) is 0 Å². The second kappa shape index (κ2) is 10.8. The summed E-state index contributed by atoms with van der Waals surface area (Å²) in [6, 6.07) is 17.7. The summed E-state index contributed by atoms with van der Waals surface area (Å²) >= 11 is 7.29.